The highest BCUT2D eigenvalue weighted by Gasteiger charge is 2.33. The van der Waals surface area contributed by atoms with Crippen molar-refractivity contribution in [3.05, 3.63) is 35.9 Å². The summed E-state index contributed by atoms with van der Waals surface area (Å²) < 4.78 is 4.82. The van der Waals surface area contributed by atoms with Crippen molar-refractivity contribution in [1.29, 1.82) is 0 Å². The van der Waals surface area contributed by atoms with E-state index in [0.29, 0.717) is 0 Å². The molecule has 5 heteroatoms. The van der Waals surface area contributed by atoms with E-state index in [0.717, 1.165) is 19.6 Å². The van der Waals surface area contributed by atoms with Crippen LogP contribution in [-0.4, -0.2) is 55.4 Å². The molecule has 1 amide bonds. The first-order chi connectivity index (χ1) is 9.72. The lowest BCUT2D eigenvalue weighted by atomic mass is 10.1. The molecule has 1 heterocycles. The molecular formula is C15H22N2O3. The molecule has 0 spiro atoms. The van der Waals surface area contributed by atoms with Crippen LogP contribution in [0.15, 0.2) is 30.3 Å². The summed E-state index contributed by atoms with van der Waals surface area (Å²) in [5.74, 6) is -0.0444. The lowest BCUT2D eigenvalue weighted by Crippen LogP contribution is -2.43. The Labute approximate surface area is 119 Å². The SMILES string of the molecule is COCC(=O)N[C@@H]1CN(Cc2ccccc2)C[C@H]1CO. The summed E-state index contributed by atoms with van der Waals surface area (Å²) in [5.41, 5.74) is 1.24. The standard InChI is InChI=1S/C15H22N2O3/c1-20-11-15(19)16-14-9-17(8-13(14)10-18)7-12-5-3-2-4-6-12/h2-6,13-14,18H,7-11H2,1H3,(H,16,19)/t13-,14+/m0/s1. The van der Waals surface area contributed by atoms with Crippen molar-refractivity contribution in [3.8, 4) is 0 Å². The quantitative estimate of drug-likeness (QED) is 0.782. The maximum atomic E-state index is 11.6. The fraction of sp³-hybridized carbons (Fsp3) is 0.533. The number of aliphatic hydroxyl groups excluding tert-OH is 1. The van der Waals surface area contributed by atoms with Gasteiger partial charge in [0, 0.05) is 45.3 Å². The van der Waals surface area contributed by atoms with E-state index >= 15 is 0 Å². The largest absolute Gasteiger partial charge is 0.396 e. The Hall–Kier alpha value is -1.43. The van der Waals surface area contributed by atoms with Crippen LogP contribution in [0.4, 0.5) is 0 Å². The number of hydrogen-bond acceptors (Lipinski definition) is 4. The second-order valence-corrected chi connectivity index (χ2v) is 5.23. The molecule has 0 bridgehead atoms. The molecule has 0 aromatic heterocycles. The molecule has 0 saturated carbocycles. The number of amides is 1. The number of nitrogens with zero attached hydrogens (tertiary/aromatic N) is 1. The number of likely N-dealkylation sites (tertiary alicyclic amines) is 1. The third-order valence-corrected chi connectivity index (χ3v) is 3.62. The van der Waals surface area contributed by atoms with Crippen LogP contribution in [0, 0.1) is 5.92 Å². The zero-order chi connectivity index (χ0) is 14.4. The molecule has 1 aromatic rings. The van der Waals surface area contributed by atoms with Crippen molar-refractivity contribution < 1.29 is 14.6 Å². The minimum absolute atomic E-state index is 0.00800. The second kappa shape index (κ2) is 7.38. The van der Waals surface area contributed by atoms with E-state index in [2.05, 4.69) is 22.3 Å². The smallest absolute Gasteiger partial charge is 0.246 e. The van der Waals surface area contributed by atoms with Crippen LogP contribution in [0.5, 0.6) is 0 Å². The Morgan fingerprint density at radius 2 is 2.15 bits per heavy atom. The molecule has 1 aliphatic rings. The van der Waals surface area contributed by atoms with Gasteiger partial charge in [0.2, 0.25) is 5.91 Å². The first kappa shape index (κ1) is 15.0. The topological polar surface area (TPSA) is 61.8 Å². The lowest BCUT2D eigenvalue weighted by Gasteiger charge is -2.17. The molecule has 20 heavy (non-hydrogen) atoms. The van der Waals surface area contributed by atoms with Gasteiger partial charge in [-0.15, -0.1) is 0 Å². The summed E-state index contributed by atoms with van der Waals surface area (Å²) in [5, 5.41) is 12.4. The lowest BCUT2D eigenvalue weighted by molar-refractivity contribution is -0.125. The molecule has 2 rings (SSSR count). The van der Waals surface area contributed by atoms with E-state index in [1.165, 1.54) is 12.7 Å². The monoisotopic (exact) mass is 278 g/mol. The normalized spacial score (nSPS) is 22.9. The van der Waals surface area contributed by atoms with Crippen LogP contribution in [0.1, 0.15) is 5.56 Å². The number of carbonyl (C=O) groups excluding carboxylic acids is 1. The fourth-order valence-corrected chi connectivity index (χ4v) is 2.66. The average Bonchev–Trinajstić information content (AvgIpc) is 2.82. The zero-order valence-corrected chi connectivity index (χ0v) is 11.8. The summed E-state index contributed by atoms with van der Waals surface area (Å²) >= 11 is 0. The van der Waals surface area contributed by atoms with Gasteiger partial charge in [0.05, 0.1) is 0 Å². The summed E-state index contributed by atoms with van der Waals surface area (Å²) in [6, 6.07) is 10.2. The van der Waals surface area contributed by atoms with E-state index < -0.39 is 0 Å². The number of hydrogen-bond donors (Lipinski definition) is 2. The predicted octanol–water partition coefficient (Wildman–Crippen LogP) is 0.242. The minimum atomic E-state index is -0.127. The van der Waals surface area contributed by atoms with Crippen LogP contribution in [0.3, 0.4) is 0 Å². The van der Waals surface area contributed by atoms with Crippen LogP contribution < -0.4 is 5.32 Å². The Morgan fingerprint density at radius 1 is 1.40 bits per heavy atom. The van der Waals surface area contributed by atoms with Crippen molar-refractivity contribution in [2.45, 2.75) is 12.6 Å². The molecular weight excluding hydrogens is 256 g/mol. The van der Waals surface area contributed by atoms with Crippen molar-refractivity contribution >= 4 is 5.91 Å². The minimum Gasteiger partial charge on any atom is -0.396 e. The van der Waals surface area contributed by atoms with E-state index in [9.17, 15) is 9.90 Å². The van der Waals surface area contributed by atoms with Gasteiger partial charge in [-0.3, -0.25) is 9.69 Å². The number of benzene rings is 1. The summed E-state index contributed by atoms with van der Waals surface area (Å²) in [7, 11) is 1.50. The van der Waals surface area contributed by atoms with E-state index in [-0.39, 0.29) is 31.1 Å². The Balaban J connectivity index is 1.90. The second-order valence-electron chi connectivity index (χ2n) is 5.23. The van der Waals surface area contributed by atoms with Gasteiger partial charge in [-0.2, -0.15) is 0 Å². The average molecular weight is 278 g/mol. The van der Waals surface area contributed by atoms with Gasteiger partial charge in [0.1, 0.15) is 6.61 Å². The van der Waals surface area contributed by atoms with E-state index in [1.807, 2.05) is 18.2 Å². The summed E-state index contributed by atoms with van der Waals surface area (Å²) in [4.78, 5) is 13.8. The maximum Gasteiger partial charge on any atom is 0.246 e. The van der Waals surface area contributed by atoms with Crippen LogP contribution in [0.25, 0.3) is 0 Å². The van der Waals surface area contributed by atoms with E-state index in [1.54, 1.807) is 0 Å². The summed E-state index contributed by atoms with van der Waals surface area (Å²) in [6.07, 6.45) is 0. The Morgan fingerprint density at radius 3 is 2.80 bits per heavy atom. The predicted molar refractivity (Wildman–Crippen MR) is 76.1 cm³/mol. The Kier molecular flexibility index (Phi) is 5.52. The molecule has 110 valence electrons. The van der Waals surface area contributed by atoms with Gasteiger partial charge >= 0.3 is 0 Å². The van der Waals surface area contributed by atoms with Gasteiger partial charge in [-0.05, 0) is 5.56 Å². The Bertz CT molecular complexity index is 424. The molecule has 1 aromatic carbocycles. The highest BCUT2D eigenvalue weighted by atomic mass is 16.5. The molecule has 1 aliphatic heterocycles. The van der Waals surface area contributed by atoms with Crippen LogP contribution >= 0.6 is 0 Å². The van der Waals surface area contributed by atoms with Gasteiger partial charge in [0.15, 0.2) is 0 Å². The van der Waals surface area contributed by atoms with E-state index in [4.69, 9.17) is 4.74 Å². The first-order valence-corrected chi connectivity index (χ1v) is 6.88. The molecule has 2 atom stereocenters. The summed E-state index contributed by atoms with van der Waals surface area (Å²) in [6.45, 7) is 2.55. The molecule has 1 saturated heterocycles. The van der Waals surface area contributed by atoms with Crippen molar-refractivity contribution in [1.82, 2.24) is 10.2 Å². The molecule has 0 radical (unpaired) electrons. The molecule has 0 unspecified atom stereocenters. The molecule has 0 aliphatic carbocycles. The third-order valence-electron chi connectivity index (χ3n) is 3.62. The van der Waals surface area contributed by atoms with Gasteiger partial charge in [-0.25, -0.2) is 0 Å². The fourth-order valence-electron chi connectivity index (χ4n) is 2.66. The van der Waals surface area contributed by atoms with Crippen LogP contribution in [-0.2, 0) is 16.1 Å². The number of ether oxygens (including phenoxy) is 1. The number of rotatable bonds is 6. The molecule has 2 N–H and O–H groups in total. The van der Waals surface area contributed by atoms with Gasteiger partial charge in [0.25, 0.3) is 0 Å². The van der Waals surface area contributed by atoms with Gasteiger partial charge in [-0.1, -0.05) is 30.3 Å². The maximum absolute atomic E-state index is 11.6. The molecule has 5 nitrogen and oxygen atoms in total. The van der Waals surface area contributed by atoms with Crippen LogP contribution in [0.2, 0.25) is 0 Å². The zero-order valence-electron chi connectivity index (χ0n) is 11.8. The third kappa shape index (κ3) is 4.03. The number of nitrogens with one attached hydrogen (secondary N) is 1. The highest BCUT2D eigenvalue weighted by molar-refractivity contribution is 5.77. The number of methoxy groups -OCH3 is 1. The van der Waals surface area contributed by atoms with Gasteiger partial charge < -0.3 is 15.2 Å². The first-order valence-electron chi connectivity index (χ1n) is 6.88. The molecule has 1 fully saturated rings. The van der Waals surface area contributed by atoms with Crippen molar-refractivity contribution in [2.75, 3.05) is 33.4 Å². The highest BCUT2D eigenvalue weighted by Crippen LogP contribution is 2.19. The number of carbonyl (C=O) groups is 1. The van der Waals surface area contributed by atoms with Crippen molar-refractivity contribution in [2.24, 2.45) is 5.92 Å². The van der Waals surface area contributed by atoms with Crippen molar-refractivity contribution in [3.63, 3.8) is 0 Å². The number of aliphatic hydroxyl groups is 1.